The van der Waals surface area contributed by atoms with Crippen molar-refractivity contribution >= 4 is 17.6 Å². The molecule has 0 spiro atoms. The van der Waals surface area contributed by atoms with Crippen LogP contribution in [0.3, 0.4) is 0 Å². The zero-order valence-electron chi connectivity index (χ0n) is 19.3. The van der Waals surface area contributed by atoms with Crippen molar-refractivity contribution in [3.8, 4) is 17.2 Å². The van der Waals surface area contributed by atoms with Crippen molar-refractivity contribution in [1.82, 2.24) is 0 Å². The van der Waals surface area contributed by atoms with Crippen LogP contribution in [0.15, 0.2) is 24.3 Å². The van der Waals surface area contributed by atoms with E-state index in [9.17, 15) is 9.59 Å². The normalized spacial score (nSPS) is 11.5. The maximum Gasteiger partial charge on any atom is 0.306 e. The molecule has 0 bridgehead atoms. The highest BCUT2D eigenvalue weighted by Crippen LogP contribution is 2.38. The Morgan fingerprint density at radius 3 is 1.94 bits per heavy atom. The summed E-state index contributed by atoms with van der Waals surface area (Å²) in [6, 6.07) is 7.56. The van der Waals surface area contributed by atoms with Crippen LogP contribution in [0.25, 0.3) is 0 Å². The van der Waals surface area contributed by atoms with Gasteiger partial charge in [-0.1, -0.05) is 17.7 Å². The lowest BCUT2D eigenvalue weighted by atomic mass is 10.0. The summed E-state index contributed by atoms with van der Waals surface area (Å²) in [5.74, 6) is 0.692. The summed E-state index contributed by atoms with van der Waals surface area (Å²) >= 11 is 0. The van der Waals surface area contributed by atoms with Crippen molar-refractivity contribution in [3.05, 3.63) is 46.5 Å². The van der Waals surface area contributed by atoms with Gasteiger partial charge in [-0.25, -0.2) is 0 Å². The average Bonchev–Trinajstić information content (AvgIpc) is 2.73. The summed E-state index contributed by atoms with van der Waals surface area (Å²) in [7, 11) is 4.60. The minimum atomic E-state index is -0.910. The van der Waals surface area contributed by atoms with Gasteiger partial charge in [0.05, 0.1) is 21.3 Å². The topological polar surface area (TPSA) is 83.1 Å². The van der Waals surface area contributed by atoms with Crippen LogP contribution < -0.4 is 19.5 Å². The molecule has 0 aliphatic heterocycles. The Bertz CT molecular complexity index is 905. The number of hydrogen-bond acceptors (Lipinski definition) is 6. The quantitative estimate of drug-likeness (QED) is 0.603. The fraction of sp³-hybridized carbons (Fsp3) is 0.417. The van der Waals surface area contributed by atoms with E-state index < -0.39 is 12.1 Å². The van der Waals surface area contributed by atoms with Crippen LogP contribution in [-0.2, 0) is 20.7 Å². The van der Waals surface area contributed by atoms with Gasteiger partial charge in [0.1, 0.15) is 0 Å². The number of amides is 1. The number of esters is 1. The third-order valence-electron chi connectivity index (χ3n) is 4.94. The van der Waals surface area contributed by atoms with E-state index in [4.69, 9.17) is 18.9 Å². The number of methoxy groups -OCH3 is 3. The molecule has 0 unspecified atom stereocenters. The van der Waals surface area contributed by atoms with Crippen LogP contribution >= 0.6 is 0 Å². The fourth-order valence-electron chi connectivity index (χ4n) is 3.44. The van der Waals surface area contributed by atoms with Gasteiger partial charge in [-0.15, -0.1) is 0 Å². The zero-order chi connectivity index (χ0) is 23.1. The second-order valence-electron chi connectivity index (χ2n) is 7.43. The number of aryl methyl sites for hydroxylation is 4. The molecule has 1 N–H and O–H groups in total. The second-order valence-corrected chi connectivity index (χ2v) is 7.43. The molecule has 0 saturated carbocycles. The number of anilines is 1. The Morgan fingerprint density at radius 1 is 0.903 bits per heavy atom. The van der Waals surface area contributed by atoms with Crippen LogP contribution in [0.5, 0.6) is 17.2 Å². The molecule has 168 valence electrons. The van der Waals surface area contributed by atoms with Crippen LogP contribution in [-0.4, -0.2) is 39.3 Å². The van der Waals surface area contributed by atoms with E-state index in [2.05, 4.69) is 5.32 Å². The maximum atomic E-state index is 12.5. The first-order valence-electron chi connectivity index (χ1n) is 10.1. The molecular formula is C24H31NO6. The number of carbonyl (C=O) groups is 2. The lowest BCUT2D eigenvalue weighted by Crippen LogP contribution is -2.30. The Labute approximate surface area is 183 Å². The zero-order valence-corrected chi connectivity index (χ0v) is 19.3. The summed E-state index contributed by atoms with van der Waals surface area (Å²) in [5, 5.41) is 2.86. The maximum absolute atomic E-state index is 12.5. The molecular weight excluding hydrogens is 398 g/mol. The molecule has 2 aromatic carbocycles. The highest BCUT2D eigenvalue weighted by molar-refractivity contribution is 5.96. The first kappa shape index (κ1) is 24.1. The van der Waals surface area contributed by atoms with E-state index in [1.54, 1.807) is 19.1 Å². The average molecular weight is 430 g/mol. The number of benzene rings is 2. The van der Waals surface area contributed by atoms with Gasteiger partial charge in [-0.3, -0.25) is 9.59 Å². The van der Waals surface area contributed by atoms with Gasteiger partial charge >= 0.3 is 5.97 Å². The third-order valence-corrected chi connectivity index (χ3v) is 4.94. The van der Waals surface area contributed by atoms with E-state index >= 15 is 0 Å². The van der Waals surface area contributed by atoms with E-state index in [0.29, 0.717) is 23.7 Å². The second kappa shape index (κ2) is 10.7. The van der Waals surface area contributed by atoms with Gasteiger partial charge in [0.25, 0.3) is 5.91 Å². The summed E-state index contributed by atoms with van der Waals surface area (Å²) in [4.78, 5) is 24.8. The molecule has 0 fully saturated rings. The predicted molar refractivity (Wildman–Crippen MR) is 119 cm³/mol. The number of hydrogen-bond donors (Lipinski definition) is 1. The summed E-state index contributed by atoms with van der Waals surface area (Å²) in [5.41, 5.74) is 4.63. The fourth-order valence-corrected chi connectivity index (χ4v) is 3.44. The summed E-state index contributed by atoms with van der Waals surface area (Å²) in [6.45, 7) is 7.43. The highest BCUT2D eigenvalue weighted by atomic mass is 16.5. The molecule has 7 nitrogen and oxygen atoms in total. The molecule has 0 aliphatic carbocycles. The first-order valence-corrected chi connectivity index (χ1v) is 10.1. The number of nitrogens with one attached hydrogen (secondary N) is 1. The molecule has 0 aliphatic rings. The van der Waals surface area contributed by atoms with Crippen molar-refractivity contribution < 1.29 is 28.5 Å². The van der Waals surface area contributed by atoms with E-state index in [-0.39, 0.29) is 12.3 Å². The first-order chi connectivity index (χ1) is 14.7. The van der Waals surface area contributed by atoms with E-state index in [0.717, 1.165) is 27.9 Å². The highest BCUT2D eigenvalue weighted by Gasteiger charge is 2.20. The molecule has 1 atom stereocenters. The van der Waals surface area contributed by atoms with Crippen molar-refractivity contribution in [2.24, 2.45) is 0 Å². The number of carbonyl (C=O) groups excluding carboxylic acids is 2. The smallest absolute Gasteiger partial charge is 0.306 e. The molecule has 0 heterocycles. The largest absolute Gasteiger partial charge is 0.493 e. The predicted octanol–water partition coefficient (Wildman–Crippen LogP) is 4.14. The minimum Gasteiger partial charge on any atom is -0.493 e. The molecule has 1 amide bonds. The van der Waals surface area contributed by atoms with Crippen molar-refractivity contribution in [2.45, 2.75) is 46.6 Å². The monoisotopic (exact) mass is 429 g/mol. The Morgan fingerprint density at radius 2 is 1.45 bits per heavy atom. The van der Waals surface area contributed by atoms with Crippen LogP contribution in [0.4, 0.5) is 5.69 Å². The van der Waals surface area contributed by atoms with E-state index in [1.165, 1.54) is 21.3 Å². The van der Waals surface area contributed by atoms with Gasteiger partial charge < -0.3 is 24.3 Å². The summed E-state index contributed by atoms with van der Waals surface area (Å²) < 4.78 is 21.3. The van der Waals surface area contributed by atoms with Crippen LogP contribution in [0.1, 0.15) is 35.6 Å². The molecule has 2 rings (SSSR count). The Kier molecular flexibility index (Phi) is 8.30. The lowest BCUT2D eigenvalue weighted by Gasteiger charge is -2.17. The standard InChI is InChI=1S/C24H31NO6/c1-14-10-15(2)22(16(3)11-14)25-24(27)17(4)31-21(26)9-8-18-12-19(28-5)23(30-7)20(13-18)29-6/h10-13,17H,8-9H2,1-7H3,(H,25,27)/t17-/m1/s1. The number of ether oxygens (including phenoxy) is 4. The lowest BCUT2D eigenvalue weighted by molar-refractivity contribution is -0.153. The molecule has 31 heavy (non-hydrogen) atoms. The van der Waals surface area contributed by atoms with Crippen molar-refractivity contribution in [3.63, 3.8) is 0 Å². The van der Waals surface area contributed by atoms with E-state index in [1.807, 2.05) is 32.9 Å². The van der Waals surface area contributed by atoms with Crippen molar-refractivity contribution in [2.75, 3.05) is 26.6 Å². The van der Waals surface area contributed by atoms with Crippen LogP contribution in [0, 0.1) is 20.8 Å². The molecule has 2 aromatic rings. The minimum absolute atomic E-state index is 0.110. The van der Waals surface area contributed by atoms with Crippen LogP contribution in [0.2, 0.25) is 0 Å². The molecule has 0 saturated heterocycles. The third kappa shape index (κ3) is 6.13. The molecule has 7 heteroatoms. The SMILES string of the molecule is COc1cc(CCC(=O)O[C@H](C)C(=O)Nc2c(C)cc(C)cc2C)cc(OC)c1OC. The van der Waals surface area contributed by atoms with Gasteiger partial charge in [-0.05, 0) is 62.9 Å². The van der Waals surface area contributed by atoms with Gasteiger partial charge in [0, 0.05) is 12.1 Å². The molecule has 0 aromatic heterocycles. The van der Waals surface area contributed by atoms with Gasteiger partial charge in [0.15, 0.2) is 17.6 Å². The van der Waals surface area contributed by atoms with Gasteiger partial charge in [0.2, 0.25) is 5.75 Å². The Balaban J connectivity index is 1.97. The Hall–Kier alpha value is -3.22. The van der Waals surface area contributed by atoms with Crippen molar-refractivity contribution in [1.29, 1.82) is 0 Å². The van der Waals surface area contributed by atoms with Gasteiger partial charge in [-0.2, -0.15) is 0 Å². The summed E-state index contributed by atoms with van der Waals surface area (Å²) in [6.07, 6.45) is -0.397. The number of rotatable bonds is 9. The molecule has 0 radical (unpaired) electrons.